The molecular weight excluding hydrogens is 292 g/mol. The SMILES string of the molecule is CC[C@H](C)NC(=O)n1c(=O)n(CCN(C)C)c2c(C)cccc21. The molecule has 1 aromatic heterocycles. The Labute approximate surface area is 136 Å². The normalized spacial score (nSPS) is 12.8. The lowest BCUT2D eigenvalue weighted by atomic mass is 10.2. The van der Waals surface area contributed by atoms with E-state index >= 15 is 0 Å². The summed E-state index contributed by atoms with van der Waals surface area (Å²) in [5.41, 5.74) is 2.21. The Bertz CT molecular complexity index is 758. The molecule has 1 atom stereocenters. The van der Waals surface area contributed by atoms with Crippen molar-refractivity contribution in [2.24, 2.45) is 0 Å². The molecular formula is C17H26N4O2. The van der Waals surface area contributed by atoms with Gasteiger partial charge >= 0.3 is 11.7 Å². The van der Waals surface area contributed by atoms with Crippen LogP contribution in [-0.2, 0) is 6.54 Å². The van der Waals surface area contributed by atoms with Crippen LogP contribution in [0.4, 0.5) is 4.79 Å². The summed E-state index contributed by atoms with van der Waals surface area (Å²) >= 11 is 0. The number of para-hydroxylation sites is 1. The van der Waals surface area contributed by atoms with Gasteiger partial charge in [-0.2, -0.15) is 0 Å². The number of nitrogens with zero attached hydrogens (tertiary/aromatic N) is 3. The number of nitrogens with one attached hydrogen (secondary N) is 1. The molecule has 1 N–H and O–H groups in total. The molecule has 0 saturated carbocycles. The minimum Gasteiger partial charge on any atom is -0.335 e. The van der Waals surface area contributed by atoms with E-state index in [9.17, 15) is 9.59 Å². The maximum Gasteiger partial charge on any atom is 0.337 e. The summed E-state index contributed by atoms with van der Waals surface area (Å²) < 4.78 is 2.95. The monoisotopic (exact) mass is 318 g/mol. The van der Waals surface area contributed by atoms with Gasteiger partial charge in [0.2, 0.25) is 0 Å². The zero-order valence-corrected chi connectivity index (χ0v) is 14.6. The fourth-order valence-corrected chi connectivity index (χ4v) is 2.58. The van der Waals surface area contributed by atoms with Gasteiger partial charge in [0.15, 0.2) is 0 Å². The highest BCUT2D eigenvalue weighted by Crippen LogP contribution is 2.17. The maximum absolute atomic E-state index is 12.8. The molecule has 0 aliphatic carbocycles. The summed E-state index contributed by atoms with van der Waals surface area (Å²) in [5, 5.41) is 2.88. The van der Waals surface area contributed by atoms with Crippen molar-refractivity contribution >= 4 is 17.1 Å². The Morgan fingerprint density at radius 3 is 2.65 bits per heavy atom. The molecule has 0 fully saturated rings. The first kappa shape index (κ1) is 17.3. The fraction of sp³-hybridized carbons (Fsp3) is 0.529. The van der Waals surface area contributed by atoms with Crippen molar-refractivity contribution in [3.05, 3.63) is 34.2 Å². The number of imidazole rings is 1. The van der Waals surface area contributed by atoms with Gasteiger partial charge in [0, 0.05) is 19.1 Å². The Morgan fingerprint density at radius 2 is 2.04 bits per heavy atom. The highest BCUT2D eigenvalue weighted by Gasteiger charge is 2.20. The highest BCUT2D eigenvalue weighted by molar-refractivity contribution is 5.90. The van der Waals surface area contributed by atoms with Crippen molar-refractivity contribution in [3.63, 3.8) is 0 Å². The topological polar surface area (TPSA) is 59.3 Å². The molecule has 2 aromatic rings. The third-order valence-electron chi connectivity index (χ3n) is 4.11. The molecule has 0 aliphatic heterocycles. The summed E-state index contributed by atoms with van der Waals surface area (Å²) in [6, 6.07) is 5.33. The smallest absolute Gasteiger partial charge is 0.335 e. The number of aryl methyl sites for hydroxylation is 1. The fourth-order valence-electron chi connectivity index (χ4n) is 2.58. The van der Waals surface area contributed by atoms with Gasteiger partial charge in [-0.05, 0) is 46.0 Å². The summed E-state index contributed by atoms with van der Waals surface area (Å²) in [4.78, 5) is 27.4. The molecule has 0 spiro atoms. The molecule has 6 heteroatoms. The van der Waals surface area contributed by atoms with Gasteiger partial charge < -0.3 is 10.2 Å². The molecule has 0 bridgehead atoms. The number of rotatable bonds is 5. The Kier molecular flexibility index (Phi) is 5.26. The molecule has 23 heavy (non-hydrogen) atoms. The number of carbonyl (C=O) groups excluding carboxylic acids is 1. The van der Waals surface area contributed by atoms with E-state index < -0.39 is 0 Å². The van der Waals surface area contributed by atoms with E-state index in [0.29, 0.717) is 12.1 Å². The molecule has 126 valence electrons. The Balaban J connectivity index is 2.57. The number of amides is 1. The molecule has 0 aliphatic rings. The van der Waals surface area contributed by atoms with Crippen LogP contribution in [0.25, 0.3) is 11.0 Å². The number of likely N-dealkylation sites (N-methyl/N-ethyl adjacent to an activating group) is 1. The zero-order chi connectivity index (χ0) is 17.1. The van der Waals surface area contributed by atoms with Gasteiger partial charge in [-0.3, -0.25) is 4.57 Å². The van der Waals surface area contributed by atoms with Crippen LogP contribution in [0.1, 0.15) is 25.8 Å². The van der Waals surface area contributed by atoms with Crippen LogP contribution in [0.5, 0.6) is 0 Å². The number of hydrogen-bond acceptors (Lipinski definition) is 3. The van der Waals surface area contributed by atoms with Crippen LogP contribution in [-0.4, -0.2) is 46.7 Å². The second-order valence-electron chi connectivity index (χ2n) is 6.27. The van der Waals surface area contributed by atoms with Gasteiger partial charge in [-0.25, -0.2) is 14.2 Å². The van der Waals surface area contributed by atoms with Crippen molar-refractivity contribution in [2.45, 2.75) is 39.8 Å². The van der Waals surface area contributed by atoms with Crippen LogP contribution in [0.2, 0.25) is 0 Å². The summed E-state index contributed by atoms with van der Waals surface area (Å²) in [5.74, 6) is 0. The zero-order valence-electron chi connectivity index (χ0n) is 14.6. The van der Waals surface area contributed by atoms with Gasteiger partial charge in [0.05, 0.1) is 11.0 Å². The van der Waals surface area contributed by atoms with Gasteiger partial charge in [-0.15, -0.1) is 0 Å². The molecule has 0 unspecified atom stereocenters. The van der Waals surface area contributed by atoms with Gasteiger partial charge in [0.1, 0.15) is 0 Å². The third-order valence-corrected chi connectivity index (χ3v) is 4.11. The average molecular weight is 318 g/mol. The molecule has 0 saturated heterocycles. The summed E-state index contributed by atoms with van der Waals surface area (Å²) in [7, 11) is 3.93. The number of aromatic nitrogens is 2. The van der Waals surface area contributed by atoms with E-state index in [1.807, 2.05) is 58.0 Å². The molecule has 2 rings (SSSR count). The predicted molar refractivity (Wildman–Crippen MR) is 93.2 cm³/mol. The Hall–Kier alpha value is -2.08. The van der Waals surface area contributed by atoms with Gasteiger partial charge in [-0.1, -0.05) is 19.1 Å². The predicted octanol–water partition coefficient (Wildman–Crippen LogP) is 2.03. The van der Waals surface area contributed by atoms with E-state index in [-0.39, 0.29) is 17.8 Å². The quantitative estimate of drug-likeness (QED) is 0.917. The number of hydrogen-bond donors (Lipinski definition) is 1. The number of carbonyl (C=O) groups is 1. The van der Waals surface area contributed by atoms with E-state index in [4.69, 9.17) is 0 Å². The first-order chi connectivity index (χ1) is 10.9. The van der Waals surface area contributed by atoms with Crippen molar-refractivity contribution in [1.82, 2.24) is 19.4 Å². The van der Waals surface area contributed by atoms with Crippen molar-refractivity contribution in [2.75, 3.05) is 20.6 Å². The molecule has 1 heterocycles. The minimum absolute atomic E-state index is 0.0272. The van der Waals surface area contributed by atoms with Gasteiger partial charge in [0.25, 0.3) is 0 Å². The van der Waals surface area contributed by atoms with E-state index in [1.54, 1.807) is 4.57 Å². The first-order valence-corrected chi connectivity index (χ1v) is 8.03. The summed E-state index contributed by atoms with van der Waals surface area (Å²) in [6.07, 6.45) is 0.818. The molecule has 6 nitrogen and oxygen atoms in total. The maximum atomic E-state index is 12.8. The first-order valence-electron chi connectivity index (χ1n) is 8.03. The lowest BCUT2D eigenvalue weighted by molar-refractivity contribution is 0.238. The van der Waals surface area contributed by atoms with Crippen molar-refractivity contribution in [1.29, 1.82) is 0 Å². The number of benzene rings is 1. The molecule has 1 amide bonds. The molecule has 1 aromatic carbocycles. The second-order valence-corrected chi connectivity index (χ2v) is 6.27. The van der Waals surface area contributed by atoms with Crippen molar-refractivity contribution < 1.29 is 4.79 Å². The van der Waals surface area contributed by atoms with Crippen LogP contribution in [0.15, 0.2) is 23.0 Å². The largest absolute Gasteiger partial charge is 0.337 e. The number of fused-ring (bicyclic) bond motifs is 1. The lowest BCUT2D eigenvalue weighted by Gasteiger charge is -2.11. The van der Waals surface area contributed by atoms with E-state index in [1.165, 1.54) is 4.57 Å². The van der Waals surface area contributed by atoms with Crippen LogP contribution in [0, 0.1) is 6.92 Å². The summed E-state index contributed by atoms with van der Waals surface area (Å²) in [6.45, 7) is 7.18. The van der Waals surface area contributed by atoms with Crippen molar-refractivity contribution in [3.8, 4) is 0 Å². The van der Waals surface area contributed by atoms with E-state index in [2.05, 4.69) is 5.32 Å². The third kappa shape index (κ3) is 3.47. The van der Waals surface area contributed by atoms with Crippen LogP contribution < -0.4 is 11.0 Å². The standard InChI is InChI=1S/C17H26N4O2/c1-6-13(3)18-16(22)21-14-9-7-8-12(2)15(14)20(17(21)23)11-10-19(4)5/h7-9,13H,6,10-11H2,1-5H3,(H,18,22)/t13-/m0/s1. The highest BCUT2D eigenvalue weighted by atomic mass is 16.2. The Morgan fingerprint density at radius 1 is 1.35 bits per heavy atom. The van der Waals surface area contributed by atoms with Crippen LogP contribution in [0.3, 0.4) is 0 Å². The lowest BCUT2D eigenvalue weighted by Crippen LogP contribution is -2.41. The van der Waals surface area contributed by atoms with Crippen LogP contribution >= 0.6 is 0 Å². The molecule has 0 radical (unpaired) electrons. The minimum atomic E-state index is -0.358. The average Bonchev–Trinajstić information content (AvgIpc) is 2.78. The van der Waals surface area contributed by atoms with E-state index in [0.717, 1.165) is 24.0 Å². The second kappa shape index (κ2) is 7.00.